The number of hydrogen-bond donors (Lipinski definition) is 0. The normalized spacial score (nSPS) is 21.3. The molecular weight excluding hydrogens is 795 g/mol. The minimum absolute atomic E-state index is 0.0862. The molecule has 6 rings (SSSR count). The minimum atomic E-state index is -4.92. The number of piperazine rings is 1. The third-order valence-electron chi connectivity index (χ3n) is 10.6. The van der Waals surface area contributed by atoms with Crippen LogP contribution in [-0.4, -0.2) is 113 Å². The van der Waals surface area contributed by atoms with Gasteiger partial charge in [0.25, 0.3) is 0 Å². The number of halogens is 4. The fraction of sp³-hybridized carbons (Fsp3) is 0.683. The summed E-state index contributed by atoms with van der Waals surface area (Å²) in [4.78, 5) is 58.4. The maximum Gasteiger partial charge on any atom is 0.424 e. The predicted octanol–water partition coefficient (Wildman–Crippen LogP) is 8.45. The number of carbonyl (C=O) groups is 3. The van der Waals surface area contributed by atoms with Gasteiger partial charge in [-0.15, -0.1) is 0 Å². The van der Waals surface area contributed by atoms with Crippen LogP contribution in [-0.2, 0) is 33.4 Å². The third-order valence-corrected chi connectivity index (χ3v) is 10.9. The van der Waals surface area contributed by atoms with E-state index in [4.69, 9.17) is 40.5 Å². The summed E-state index contributed by atoms with van der Waals surface area (Å²) in [6.07, 6.45) is -3.76. The maximum atomic E-state index is 15.0. The van der Waals surface area contributed by atoms with Crippen molar-refractivity contribution in [1.82, 2.24) is 19.8 Å². The summed E-state index contributed by atoms with van der Waals surface area (Å²) in [6, 6.07) is 2.03. The van der Waals surface area contributed by atoms with E-state index in [2.05, 4.69) is 9.80 Å². The van der Waals surface area contributed by atoms with Crippen LogP contribution in [0.1, 0.15) is 105 Å². The lowest BCUT2D eigenvalue weighted by molar-refractivity contribution is -0.137. The van der Waals surface area contributed by atoms with E-state index in [1.165, 1.54) is 4.90 Å². The highest BCUT2D eigenvalue weighted by atomic mass is 35.5. The molecule has 0 aliphatic carbocycles. The van der Waals surface area contributed by atoms with Crippen LogP contribution in [0.2, 0.25) is 5.02 Å². The molecule has 3 fully saturated rings. The fourth-order valence-corrected chi connectivity index (χ4v) is 8.42. The molecule has 0 N–H and O–H groups in total. The van der Waals surface area contributed by atoms with E-state index in [9.17, 15) is 27.6 Å². The highest BCUT2D eigenvalue weighted by molar-refractivity contribution is 6.32. The van der Waals surface area contributed by atoms with Gasteiger partial charge in [0, 0.05) is 31.2 Å². The second kappa shape index (κ2) is 16.3. The number of imide groups is 1. The minimum Gasteiger partial charge on any atom is -0.462 e. The molecule has 59 heavy (non-hydrogen) atoms. The average molecular weight is 852 g/mol. The molecule has 1 aromatic heterocycles. The molecule has 3 amide bonds. The number of hydrogen-bond acceptors (Lipinski definition) is 12. The summed E-state index contributed by atoms with van der Waals surface area (Å²) in [6.45, 7) is 17.3. The van der Waals surface area contributed by atoms with Gasteiger partial charge in [-0.2, -0.15) is 28.0 Å². The smallest absolute Gasteiger partial charge is 0.424 e. The van der Waals surface area contributed by atoms with E-state index >= 15 is 0 Å². The first-order chi connectivity index (χ1) is 27.3. The molecule has 0 radical (unpaired) electrons. The van der Waals surface area contributed by atoms with Crippen LogP contribution in [0.25, 0.3) is 0 Å². The lowest BCUT2D eigenvalue weighted by Crippen LogP contribution is -2.57. The topological polar surface area (TPSA) is 130 Å². The van der Waals surface area contributed by atoms with Crippen LogP contribution in [0, 0.1) is 0 Å². The standard InChI is InChI=1S/C41H57ClF3N7O7/c1-38(2,3)57-35(53)51-24-13-14-25(51)21-50(20-24)33-28-15-17-49(22-30(28)46-34(47-33)56-23-26-12-11-16-48(26)10)31-19-27(18-29(42)32(31)41(43,44)45)52(36(54)58-39(4,5)6)37(55)59-40(7,8)9/h18-19,24-26H,11-17,20-23H2,1-10H3/t24?,25?,26-/m0/s1. The number of aromatic nitrogens is 2. The van der Waals surface area contributed by atoms with Crippen molar-refractivity contribution in [2.45, 2.75) is 142 Å². The number of likely N-dealkylation sites (N-methyl/N-ethyl adjacent to an activating group) is 1. The first-order valence-corrected chi connectivity index (χ1v) is 20.6. The number of anilines is 3. The first-order valence-electron chi connectivity index (χ1n) is 20.2. The second-order valence-electron chi connectivity index (χ2n) is 18.8. The zero-order valence-electron chi connectivity index (χ0n) is 35.7. The average Bonchev–Trinajstić information content (AvgIpc) is 3.61. The van der Waals surface area contributed by atoms with Crippen molar-refractivity contribution in [3.8, 4) is 6.01 Å². The molecule has 3 saturated heterocycles. The Morgan fingerprint density at radius 2 is 1.42 bits per heavy atom. The number of benzene rings is 1. The van der Waals surface area contributed by atoms with E-state index in [1.807, 2.05) is 32.7 Å². The molecule has 14 nitrogen and oxygen atoms in total. The van der Waals surface area contributed by atoms with E-state index in [0.29, 0.717) is 36.1 Å². The Morgan fingerprint density at radius 1 is 0.831 bits per heavy atom. The third kappa shape index (κ3) is 10.4. The fourth-order valence-electron chi connectivity index (χ4n) is 8.11. The van der Waals surface area contributed by atoms with Gasteiger partial charge in [0.05, 0.1) is 46.3 Å². The van der Waals surface area contributed by atoms with Crippen LogP contribution in [0.5, 0.6) is 6.01 Å². The van der Waals surface area contributed by atoms with Crippen LogP contribution in [0.4, 0.5) is 44.7 Å². The monoisotopic (exact) mass is 851 g/mol. The quantitative estimate of drug-likeness (QED) is 0.259. The van der Waals surface area contributed by atoms with Gasteiger partial charge < -0.3 is 33.6 Å². The largest absolute Gasteiger partial charge is 0.462 e. The highest BCUT2D eigenvalue weighted by Crippen LogP contribution is 2.46. The number of fused-ring (bicyclic) bond motifs is 3. The summed E-state index contributed by atoms with van der Waals surface area (Å²) in [7, 11) is 2.03. The lowest BCUT2D eigenvalue weighted by Gasteiger charge is -2.43. The molecule has 326 valence electrons. The molecule has 2 bridgehead atoms. The number of rotatable bonds is 6. The molecule has 1 aromatic carbocycles. The van der Waals surface area contributed by atoms with Gasteiger partial charge in [-0.05, 0) is 120 Å². The molecule has 0 saturated carbocycles. The van der Waals surface area contributed by atoms with Crippen molar-refractivity contribution in [3.05, 3.63) is 34.0 Å². The molecule has 2 unspecified atom stereocenters. The molecule has 4 aliphatic heterocycles. The zero-order chi connectivity index (χ0) is 43.4. The van der Waals surface area contributed by atoms with Gasteiger partial charge in [-0.1, -0.05) is 11.6 Å². The highest BCUT2D eigenvalue weighted by Gasteiger charge is 2.46. The van der Waals surface area contributed by atoms with E-state index in [0.717, 1.165) is 49.9 Å². The van der Waals surface area contributed by atoms with E-state index < -0.39 is 45.8 Å². The van der Waals surface area contributed by atoms with Crippen LogP contribution in [0.15, 0.2) is 12.1 Å². The molecule has 3 atom stereocenters. The Morgan fingerprint density at radius 3 is 1.95 bits per heavy atom. The summed E-state index contributed by atoms with van der Waals surface area (Å²) in [5.74, 6) is 0.619. The number of likely N-dealkylation sites (tertiary alicyclic amines) is 1. The lowest BCUT2D eigenvalue weighted by atomic mass is 10.0. The number of carbonyl (C=O) groups excluding carboxylic acids is 3. The Labute approximate surface area is 349 Å². The van der Waals surface area contributed by atoms with E-state index in [-0.39, 0.29) is 61.1 Å². The van der Waals surface area contributed by atoms with Crippen molar-refractivity contribution in [3.63, 3.8) is 0 Å². The number of ether oxygens (including phenoxy) is 4. The first kappa shape index (κ1) is 44.3. The van der Waals surface area contributed by atoms with Crippen molar-refractivity contribution in [1.29, 1.82) is 0 Å². The van der Waals surface area contributed by atoms with Gasteiger partial charge in [0.2, 0.25) is 0 Å². The summed E-state index contributed by atoms with van der Waals surface area (Å²) < 4.78 is 67.9. The van der Waals surface area contributed by atoms with Crippen LogP contribution < -0.4 is 19.4 Å². The predicted molar refractivity (Wildman–Crippen MR) is 216 cm³/mol. The number of amides is 3. The second-order valence-corrected chi connectivity index (χ2v) is 19.2. The van der Waals surface area contributed by atoms with Crippen LogP contribution in [0.3, 0.4) is 0 Å². The molecule has 4 aliphatic rings. The van der Waals surface area contributed by atoms with Gasteiger partial charge >= 0.3 is 30.5 Å². The molecule has 0 spiro atoms. The van der Waals surface area contributed by atoms with Gasteiger partial charge in [-0.3, -0.25) is 4.90 Å². The van der Waals surface area contributed by atoms with Gasteiger partial charge in [0.15, 0.2) is 0 Å². The van der Waals surface area contributed by atoms with Crippen molar-refractivity contribution >= 4 is 47.1 Å². The Kier molecular flexibility index (Phi) is 12.3. The summed E-state index contributed by atoms with van der Waals surface area (Å²) in [5, 5.41) is -0.723. The van der Waals surface area contributed by atoms with Gasteiger partial charge in [-0.25, -0.2) is 14.4 Å². The molecule has 2 aromatic rings. The van der Waals surface area contributed by atoms with Crippen molar-refractivity contribution in [2.75, 3.05) is 54.5 Å². The Hall–Kier alpha value is -4.25. The maximum absolute atomic E-state index is 15.0. The molecule has 18 heteroatoms. The SMILES string of the molecule is CN1CCC[C@H]1COc1nc2c(c(N3CC4CCC(C3)N4C(=O)OC(C)(C)C)n1)CCN(c1cc(N(C(=O)OC(C)(C)C)C(=O)OC(C)(C)C)cc(Cl)c1C(F)(F)F)C2. The number of nitrogens with zero attached hydrogens (tertiary/aromatic N) is 7. The summed E-state index contributed by atoms with van der Waals surface area (Å²) in [5.41, 5.74) is -3.30. The van der Waals surface area contributed by atoms with E-state index in [1.54, 1.807) is 41.5 Å². The number of alkyl halides is 3. The zero-order valence-corrected chi connectivity index (χ0v) is 36.4. The molecular formula is C41H57ClF3N7O7. The van der Waals surface area contributed by atoms with Gasteiger partial charge in [0.1, 0.15) is 29.2 Å². The summed E-state index contributed by atoms with van der Waals surface area (Å²) >= 11 is 6.46. The molecule has 5 heterocycles. The Balaban J connectivity index is 1.39. The van der Waals surface area contributed by atoms with Crippen molar-refractivity contribution < 1.29 is 46.5 Å². The Bertz CT molecular complexity index is 1890. The van der Waals surface area contributed by atoms with Crippen molar-refractivity contribution in [2.24, 2.45) is 0 Å². The van der Waals surface area contributed by atoms with Crippen LogP contribution >= 0.6 is 11.6 Å².